The SMILES string of the molecule is [Co+2].[S-2].[S-2].[Zn+2]. The van der Waals surface area contributed by atoms with Crippen LogP contribution in [0.15, 0.2) is 0 Å². The van der Waals surface area contributed by atoms with E-state index in [1.54, 1.807) is 0 Å². The maximum absolute atomic E-state index is 0. The monoisotopic (exact) mass is 187 g/mol. The van der Waals surface area contributed by atoms with Crippen molar-refractivity contribution in [3.05, 3.63) is 0 Å². The molecule has 0 unspecified atom stereocenters. The Morgan fingerprint density at radius 3 is 0.750 bits per heavy atom. The third-order valence-electron chi connectivity index (χ3n) is 0. The summed E-state index contributed by atoms with van der Waals surface area (Å²) in [5.74, 6) is 0. The van der Waals surface area contributed by atoms with E-state index < -0.39 is 0 Å². The number of rotatable bonds is 0. The molecule has 4 heavy (non-hydrogen) atoms. The first-order valence-electron chi connectivity index (χ1n) is 0. The van der Waals surface area contributed by atoms with E-state index in [-0.39, 0.29) is 63.2 Å². The molecular weight excluding hydrogens is 188 g/mol. The van der Waals surface area contributed by atoms with E-state index in [1.165, 1.54) is 0 Å². The molecule has 0 aromatic rings. The van der Waals surface area contributed by atoms with Gasteiger partial charge in [-0.05, 0) is 0 Å². The quantitative estimate of drug-likeness (QED) is 0.469. The van der Waals surface area contributed by atoms with Crippen molar-refractivity contribution in [1.29, 1.82) is 0 Å². The van der Waals surface area contributed by atoms with Crippen molar-refractivity contribution in [2.24, 2.45) is 0 Å². The minimum atomic E-state index is 0. The zero-order valence-electron chi connectivity index (χ0n) is 1.86. The van der Waals surface area contributed by atoms with Gasteiger partial charge >= 0.3 is 36.3 Å². The summed E-state index contributed by atoms with van der Waals surface area (Å²) in [5, 5.41) is 0. The molecule has 0 heterocycles. The van der Waals surface area contributed by atoms with Crippen LogP contribution in [-0.4, -0.2) is 0 Å². The van der Waals surface area contributed by atoms with Crippen molar-refractivity contribution < 1.29 is 36.3 Å². The van der Waals surface area contributed by atoms with E-state index in [2.05, 4.69) is 0 Å². The third-order valence-corrected chi connectivity index (χ3v) is 0. The molecule has 0 nitrogen and oxygen atoms in total. The van der Waals surface area contributed by atoms with E-state index >= 15 is 0 Å². The van der Waals surface area contributed by atoms with Crippen molar-refractivity contribution in [3.8, 4) is 0 Å². The first-order valence-corrected chi connectivity index (χ1v) is 0. The van der Waals surface area contributed by atoms with Crippen molar-refractivity contribution in [2.45, 2.75) is 0 Å². The predicted octanol–water partition coefficient (Wildman–Crippen LogP) is -0.00980. The summed E-state index contributed by atoms with van der Waals surface area (Å²) >= 11 is 0. The van der Waals surface area contributed by atoms with Gasteiger partial charge in [-0.3, -0.25) is 0 Å². The molecule has 0 atom stereocenters. The Morgan fingerprint density at radius 1 is 0.750 bits per heavy atom. The van der Waals surface area contributed by atoms with Crippen molar-refractivity contribution in [3.63, 3.8) is 0 Å². The van der Waals surface area contributed by atoms with Crippen LogP contribution in [0.3, 0.4) is 0 Å². The summed E-state index contributed by atoms with van der Waals surface area (Å²) < 4.78 is 0. The molecule has 0 rings (SSSR count). The molecule has 0 aliphatic rings. The molecule has 0 bridgehead atoms. The average Bonchev–Trinajstić information content (AvgIpc) is 0. The maximum atomic E-state index is 0. The van der Waals surface area contributed by atoms with Gasteiger partial charge in [-0.25, -0.2) is 0 Å². The summed E-state index contributed by atoms with van der Waals surface area (Å²) in [7, 11) is 0. The zero-order valence-corrected chi connectivity index (χ0v) is 7.50. The van der Waals surface area contributed by atoms with Gasteiger partial charge in [0.25, 0.3) is 0 Å². The van der Waals surface area contributed by atoms with Crippen molar-refractivity contribution in [2.75, 3.05) is 0 Å². The fourth-order valence-corrected chi connectivity index (χ4v) is 0. The van der Waals surface area contributed by atoms with Crippen LogP contribution in [0.5, 0.6) is 0 Å². The summed E-state index contributed by atoms with van der Waals surface area (Å²) in [5.41, 5.74) is 0. The summed E-state index contributed by atoms with van der Waals surface area (Å²) in [4.78, 5) is 0. The van der Waals surface area contributed by atoms with E-state index in [4.69, 9.17) is 0 Å². The minimum absolute atomic E-state index is 0. The molecule has 0 fully saturated rings. The molecule has 0 N–H and O–H groups in total. The van der Waals surface area contributed by atoms with Gasteiger partial charge in [-0.1, -0.05) is 0 Å². The second-order valence-electron chi connectivity index (χ2n) is 0. The summed E-state index contributed by atoms with van der Waals surface area (Å²) in [6.45, 7) is 0. The predicted molar refractivity (Wildman–Crippen MR) is 14.7 cm³/mol. The Bertz CT molecular complexity index is 6.00. The van der Waals surface area contributed by atoms with Crippen LogP contribution in [0.25, 0.3) is 0 Å². The molecule has 23 valence electrons. The number of hydrogen-bond acceptors (Lipinski definition) is 0. The summed E-state index contributed by atoms with van der Waals surface area (Å²) in [6.07, 6.45) is 0. The fraction of sp³-hybridized carbons (Fsp3) is 0. The maximum Gasteiger partial charge on any atom is 2.00 e. The molecule has 0 saturated carbocycles. The van der Waals surface area contributed by atoms with Crippen LogP contribution >= 0.6 is 0 Å². The Hall–Kier alpha value is 1.83. The van der Waals surface area contributed by atoms with Crippen molar-refractivity contribution >= 4 is 27.0 Å². The van der Waals surface area contributed by atoms with Gasteiger partial charge in [0.15, 0.2) is 0 Å². The second-order valence-corrected chi connectivity index (χ2v) is 0. The van der Waals surface area contributed by atoms with Gasteiger partial charge in [-0.2, -0.15) is 0 Å². The fourth-order valence-electron chi connectivity index (χ4n) is 0. The third kappa shape index (κ3) is 9.16. The average molecular weight is 188 g/mol. The molecule has 0 aromatic heterocycles. The normalized spacial score (nSPS) is 0. The van der Waals surface area contributed by atoms with Gasteiger partial charge in [0.2, 0.25) is 0 Å². The second kappa shape index (κ2) is 21.2. The van der Waals surface area contributed by atoms with Crippen LogP contribution in [-0.2, 0) is 63.2 Å². The molecule has 0 saturated heterocycles. The van der Waals surface area contributed by atoms with Crippen LogP contribution < -0.4 is 0 Å². The molecule has 0 spiro atoms. The van der Waals surface area contributed by atoms with Crippen LogP contribution in [0.1, 0.15) is 0 Å². The molecule has 4 heteroatoms. The molecule has 0 aliphatic heterocycles. The van der Waals surface area contributed by atoms with Gasteiger partial charge in [0, 0.05) is 0 Å². The Morgan fingerprint density at radius 2 is 0.750 bits per heavy atom. The Labute approximate surface area is 63.0 Å². The van der Waals surface area contributed by atoms with Crippen LogP contribution in [0.4, 0.5) is 0 Å². The van der Waals surface area contributed by atoms with Crippen molar-refractivity contribution in [1.82, 2.24) is 0 Å². The first-order chi connectivity index (χ1) is 0. The van der Waals surface area contributed by atoms with E-state index in [9.17, 15) is 0 Å². The molecular formula is CoS2Zn. The standard InChI is InChI=1S/Co.2S.Zn/q+2;2*-2;+2. The van der Waals surface area contributed by atoms with Crippen LogP contribution in [0.2, 0.25) is 0 Å². The van der Waals surface area contributed by atoms with Gasteiger partial charge in [0.05, 0.1) is 0 Å². The van der Waals surface area contributed by atoms with Gasteiger partial charge < -0.3 is 27.0 Å². The number of hydrogen-bond donors (Lipinski definition) is 0. The van der Waals surface area contributed by atoms with Gasteiger partial charge in [0.1, 0.15) is 0 Å². The molecule has 0 amide bonds. The Kier molecular flexibility index (Phi) is 215. The Balaban J connectivity index is 0. The minimum Gasteiger partial charge on any atom is -2.00 e. The first kappa shape index (κ1) is 40.6. The molecule has 0 aromatic carbocycles. The largest absolute Gasteiger partial charge is 2.00 e. The van der Waals surface area contributed by atoms with E-state index in [1.807, 2.05) is 0 Å². The topological polar surface area (TPSA) is 0 Å². The smallest absolute Gasteiger partial charge is 2.00 e. The van der Waals surface area contributed by atoms with Gasteiger partial charge in [-0.15, -0.1) is 0 Å². The summed E-state index contributed by atoms with van der Waals surface area (Å²) in [6, 6.07) is 0. The molecule has 0 aliphatic carbocycles. The van der Waals surface area contributed by atoms with Crippen LogP contribution in [0, 0.1) is 0 Å². The van der Waals surface area contributed by atoms with E-state index in [0.29, 0.717) is 0 Å². The molecule has 1 radical (unpaired) electrons. The van der Waals surface area contributed by atoms with E-state index in [0.717, 1.165) is 0 Å². The zero-order chi connectivity index (χ0) is 0.